The Kier molecular flexibility index (Phi) is 5.68. The standard InChI is InChI=1S/C22H23NO5/c1-13-7-14(2)22(15(3)8-13)23-20(24)12-28-21(25)9-16-11-27-19-10-17(26-4)5-6-18(16)19/h5-8,10-11H,9,12H2,1-4H3,(H,23,24). The maximum absolute atomic E-state index is 12.2. The number of anilines is 1. The molecule has 2 aromatic carbocycles. The van der Waals surface area contributed by atoms with Crippen LogP contribution < -0.4 is 10.1 Å². The third-order valence-corrected chi connectivity index (χ3v) is 4.50. The molecule has 0 spiro atoms. The number of amides is 1. The minimum atomic E-state index is -0.494. The Morgan fingerprint density at radius 2 is 1.79 bits per heavy atom. The van der Waals surface area contributed by atoms with Crippen molar-refractivity contribution in [3.05, 3.63) is 58.8 Å². The summed E-state index contributed by atoms with van der Waals surface area (Å²) in [5.74, 6) is -0.189. The number of aryl methyl sites for hydroxylation is 3. The van der Waals surface area contributed by atoms with Gasteiger partial charge >= 0.3 is 5.97 Å². The molecule has 28 heavy (non-hydrogen) atoms. The van der Waals surface area contributed by atoms with E-state index >= 15 is 0 Å². The van der Waals surface area contributed by atoms with E-state index in [9.17, 15) is 9.59 Å². The van der Waals surface area contributed by atoms with Gasteiger partial charge in [-0.3, -0.25) is 9.59 Å². The first kappa shape index (κ1) is 19.5. The van der Waals surface area contributed by atoms with Crippen LogP contribution >= 0.6 is 0 Å². The van der Waals surface area contributed by atoms with Gasteiger partial charge in [-0.1, -0.05) is 17.7 Å². The predicted molar refractivity (Wildman–Crippen MR) is 107 cm³/mol. The van der Waals surface area contributed by atoms with Crippen LogP contribution in [0.4, 0.5) is 5.69 Å². The topological polar surface area (TPSA) is 77.8 Å². The van der Waals surface area contributed by atoms with Crippen molar-refractivity contribution in [2.75, 3.05) is 19.0 Å². The van der Waals surface area contributed by atoms with E-state index in [4.69, 9.17) is 13.9 Å². The van der Waals surface area contributed by atoms with Crippen LogP contribution in [-0.4, -0.2) is 25.6 Å². The number of furan rings is 1. The highest BCUT2D eigenvalue weighted by molar-refractivity contribution is 5.94. The highest BCUT2D eigenvalue weighted by Crippen LogP contribution is 2.26. The summed E-state index contributed by atoms with van der Waals surface area (Å²) in [7, 11) is 1.58. The zero-order chi connectivity index (χ0) is 20.3. The van der Waals surface area contributed by atoms with E-state index in [1.165, 1.54) is 6.26 Å². The van der Waals surface area contributed by atoms with Gasteiger partial charge in [0.15, 0.2) is 6.61 Å². The Morgan fingerprint density at radius 1 is 1.07 bits per heavy atom. The van der Waals surface area contributed by atoms with Crippen LogP contribution in [0, 0.1) is 20.8 Å². The Morgan fingerprint density at radius 3 is 2.46 bits per heavy atom. The highest BCUT2D eigenvalue weighted by Gasteiger charge is 2.14. The monoisotopic (exact) mass is 381 g/mol. The summed E-state index contributed by atoms with van der Waals surface area (Å²) >= 11 is 0. The van der Waals surface area contributed by atoms with Crippen molar-refractivity contribution in [1.29, 1.82) is 0 Å². The van der Waals surface area contributed by atoms with Gasteiger partial charge in [-0.25, -0.2) is 0 Å². The van der Waals surface area contributed by atoms with Crippen LogP contribution in [0.5, 0.6) is 5.75 Å². The fourth-order valence-corrected chi connectivity index (χ4v) is 3.23. The van der Waals surface area contributed by atoms with Crippen molar-refractivity contribution in [2.24, 2.45) is 0 Å². The van der Waals surface area contributed by atoms with Gasteiger partial charge in [-0.15, -0.1) is 0 Å². The molecule has 0 aliphatic rings. The first-order chi connectivity index (χ1) is 13.4. The third kappa shape index (κ3) is 4.34. The number of benzene rings is 2. The van der Waals surface area contributed by atoms with Crippen LogP contribution in [0.2, 0.25) is 0 Å². The molecule has 1 heterocycles. The zero-order valence-corrected chi connectivity index (χ0v) is 16.4. The van der Waals surface area contributed by atoms with E-state index in [0.29, 0.717) is 16.9 Å². The van der Waals surface area contributed by atoms with Crippen LogP contribution in [0.15, 0.2) is 41.0 Å². The smallest absolute Gasteiger partial charge is 0.310 e. The molecule has 0 bridgehead atoms. The van der Waals surface area contributed by atoms with E-state index in [1.54, 1.807) is 19.2 Å². The van der Waals surface area contributed by atoms with E-state index in [1.807, 2.05) is 39.0 Å². The maximum Gasteiger partial charge on any atom is 0.310 e. The molecule has 6 nitrogen and oxygen atoms in total. The van der Waals surface area contributed by atoms with Crippen LogP contribution in [0.25, 0.3) is 11.0 Å². The van der Waals surface area contributed by atoms with Gasteiger partial charge in [0, 0.05) is 22.7 Å². The molecule has 0 saturated carbocycles. The number of rotatable bonds is 6. The second-order valence-corrected chi connectivity index (χ2v) is 6.78. The van der Waals surface area contributed by atoms with Crippen molar-refractivity contribution >= 4 is 28.5 Å². The van der Waals surface area contributed by atoms with Crippen LogP contribution in [0.3, 0.4) is 0 Å². The molecule has 0 radical (unpaired) electrons. The van der Waals surface area contributed by atoms with Crippen molar-refractivity contribution in [2.45, 2.75) is 27.2 Å². The molecule has 0 fully saturated rings. The molecule has 146 valence electrons. The molecule has 3 aromatic rings. The number of ether oxygens (including phenoxy) is 2. The number of methoxy groups -OCH3 is 1. The van der Waals surface area contributed by atoms with Gasteiger partial charge in [0.05, 0.1) is 19.8 Å². The Bertz CT molecular complexity index is 1010. The number of hydrogen-bond acceptors (Lipinski definition) is 5. The molecule has 1 amide bonds. The number of carbonyl (C=O) groups is 2. The third-order valence-electron chi connectivity index (χ3n) is 4.50. The summed E-state index contributed by atoms with van der Waals surface area (Å²) in [6.45, 7) is 5.53. The summed E-state index contributed by atoms with van der Waals surface area (Å²) in [6.07, 6.45) is 1.54. The molecule has 0 saturated heterocycles. The van der Waals surface area contributed by atoms with Gasteiger partial charge in [-0.2, -0.15) is 0 Å². The molecule has 0 aliphatic carbocycles. The molecule has 3 rings (SSSR count). The van der Waals surface area contributed by atoms with Gasteiger partial charge in [0.1, 0.15) is 11.3 Å². The fraction of sp³-hybridized carbons (Fsp3) is 0.273. The molecular formula is C22H23NO5. The van der Waals surface area contributed by atoms with Crippen molar-refractivity contribution < 1.29 is 23.5 Å². The second kappa shape index (κ2) is 8.17. The molecule has 6 heteroatoms. The average Bonchev–Trinajstić information content (AvgIpc) is 3.04. The Labute approximate surface area is 163 Å². The molecule has 0 atom stereocenters. The van der Waals surface area contributed by atoms with E-state index < -0.39 is 5.97 Å². The van der Waals surface area contributed by atoms with Gasteiger partial charge in [0.2, 0.25) is 0 Å². The summed E-state index contributed by atoms with van der Waals surface area (Å²) in [6, 6.07) is 9.37. The fourth-order valence-electron chi connectivity index (χ4n) is 3.23. The average molecular weight is 381 g/mol. The normalized spacial score (nSPS) is 10.7. The number of fused-ring (bicyclic) bond motifs is 1. The lowest BCUT2D eigenvalue weighted by Crippen LogP contribution is -2.22. The number of carbonyl (C=O) groups excluding carboxylic acids is 2. The molecule has 1 aromatic heterocycles. The van der Waals surface area contributed by atoms with Crippen molar-refractivity contribution in [1.82, 2.24) is 0 Å². The van der Waals surface area contributed by atoms with Crippen LogP contribution in [0.1, 0.15) is 22.3 Å². The first-order valence-electron chi connectivity index (χ1n) is 8.95. The SMILES string of the molecule is COc1ccc2c(CC(=O)OCC(=O)Nc3c(C)cc(C)cc3C)coc2c1. The number of nitrogens with one attached hydrogen (secondary N) is 1. The zero-order valence-electron chi connectivity index (χ0n) is 16.4. The van der Waals surface area contributed by atoms with Gasteiger partial charge in [-0.05, 0) is 44.0 Å². The first-order valence-corrected chi connectivity index (χ1v) is 8.95. The van der Waals surface area contributed by atoms with Crippen molar-refractivity contribution in [3.63, 3.8) is 0 Å². The molecule has 0 unspecified atom stereocenters. The summed E-state index contributed by atoms with van der Waals surface area (Å²) < 4.78 is 15.7. The van der Waals surface area contributed by atoms with E-state index in [0.717, 1.165) is 27.8 Å². The Hall–Kier alpha value is -3.28. The summed E-state index contributed by atoms with van der Waals surface area (Å²) in [5, 5.41) is 3.63. The lowest BCUT2D eigenvalue weighted by molar-refractivity contribution is -0.146. The van der Waals surface area contributed by atoms with Gasteiger partial charge < -0.3 is 19.2 Å². The number of hydrogen-bond donors (Lipinski definition) is 1. The minimum Gasteiger partial charge on any atom is -0.497 e. The Balaban J connectivity index is 1.58. The van der Waals surface area contributed by atoms with Crippen molar-refractivity contribution in [3.8, 4) is 5.75 Å². The van der Waals surface area contributed by atoms with Gasteiger partial charge in [0.25, 0.3) is 5.91 Å². The molecule has 0 aliphatic heterocycles. The maximum atomic E-state index is 12.2. The van der Waals surface area contributed by atoms with E-state index in [2.05, 4.69) is 5.32 Å². The summed E-state index contributed by atoms with van der Waals surface area (Å²) in [4.78, 5) is 24.3. The minimum absolute atomic E-state index is 0.0230. The highest BCUT2D eigenvalue weighted by atomic mass is 16.5. The predicted octanol–water partition coefficient (Wildman–Crippen LogP) is 4.09. The quantitative estimate of drug-likeness (QED) is 0.651. The largest absolute Gasteiger partial charge is 0.497 e. The summed E-state index contributed by atoms with van der Waals surface area (Å²) in [5.41, 5.74) is 5.15. The lowest BCUT2D eigenvalue weighted by atomic mass is 10.1. The van der Waals surface area contributed by atoms with E-state index in [-0.39, 0.29) is 18.9 Å². The lowest BCUT2D eigenvalue weighted by Gasteiger charge is -2.13. The van der Waals surface area contributed by atoms with Crippen LogP contribution in [-0.2, 0) is 20.7 Å². The molecular weight excluding hydrogens is 358 g/mol. The second-order valence-electron chi connectivity index (χ2n) is 6.78. The molecule has 1 N–H and O–H groups in total. The number of esters is 1.